The SMILES string of the molecule is O=C(/C=C/c1cc(F)cc2c1OCOC2)NC1=NCCS1. The minimum absolute atomic E-state index is 0.124. The molecule has 0 bridgehead atoms. The van der Waals surface area contributed by atoms with Crippen LogP contribution in [0.5, 0.6) is 5.75 Å². The Morgan fingerprint density at radius 2 is 2.38 bits per heavy atom. The number of ether oxygens (including phenoxy) is 2. The summed E-state index contributed by atoms with van der Waals surface area (Å²) in [6.45, 7) is 1.14. The second-order valence-corrected chi connectivity index (χ2v) is 5.54. The van der Waals surface area contributed by atoms with Crippen molar-refractivity contribution in [3.63, 3.8) is 0 Å². The topological polar surface area (TPSA) is 59.9 Å². The molecule has 1 N–H and O–H groups in total. The molecule has 7 heteroatoms. The maximum atomic E-state index is 13.5. The van der Waals surface area contributed by atoms with Crippen LogP contribution in [-0.2, 0) is 16.1 Å². The van der Waals surface area contributed by atoms with E-state index in [1.165, 1.54) is 36.0 Å². The number of nitrogens with zero attached hydrogens (tertiary/aromatic N) is 1. The third-order valence-corrected chi connectivity index (χ3v) is 3.82. The molecule has 0 spiro atoms. The fraction of sp³-hybridized carbons (Fsp3) is 0.286. The highest BCUT2D eigenvalue weighted by Crippen LogP contribution is 2.30. The van der Waals surface area contributed by atoms with Gasteiger partial charge in [0.25, 0.3) is 0 Å². The number of thioether (sulfide) groups is 1. The lowest BCUT2D eigenvalue weighted by atomic mass is 10.1. The molecule has 2 aliphatic heterocycles. The predicted octanol–water partition coefficient (Wildman–Crippen LogP) is 1.92. The van der Waals surface area contributed by atoms with Gasteiger partial charge in [-0.25, -0.2) is 4.39 Å². The predicted molar refractivity (Wildman–Crippen MR) is 78.6 cm³/mol. The molecule has 0 atom stereocenters. The second-order valence-electron chi connectivity index (χ2n) is 4.45. The summed E-state index contributed by atoms with van der Waals surface area (Å²) in [6.07, 6.45) is 2.87. The summed E-state index contributed by atoms with van der Waals surface area (Å²) in [4.78, 5) is 15.9. The van der Waals surface area contributed by atoms with E-state index in [4.69, 9.17) is 9.47 Å². The fourth-order valence-corrected chi connectivity index (χ4v) is 2.79. The van der Waals surface area contributed by atoms with Crippen molar-refractivity contribution in [3.05, 3.63) is 35.2 Å². The van der Waals surface area contributed by atoms with E-state index in [1.54, 1.807) is 0 Å². The first kappa shape index (κ1) is 14.1. The minimum atomic E-state index is -0.390. The highest BCUT2D eigenvalue weighted by atomic mass is 32.2. The van der Waals surface area contributed by atoms with E-state index in [0.29, 0.717) is 28.7 Å². The Morgan fingerprint density at radius 3 is 3.19 bits per heavy atom. The van der Waals surface area contributed by atoms with Crippen LogP contribution in [0.2, 0.25) is 0 Å². The van der Waals surface area contributed by atoms with Crippen LogP contribution in [0, 0.1) is 5.82 Å². The summed E-state index contributed by atoms with van der Waals surface area (Å²) in [7, 11) is 0. The Morgan fingerprint density at radius 1 is 1.48 bits per heavy atom. The number of rotatable bonds is 2. The summed E-state index contributed by atoms with van der Waals surface area (Å²) < 4.78 is 24.0. The molecule has 3 rings (SSSR count). The third-order valence-electron chi connectivity index (χ3n) is 2.93. The average Bonchev–Trinajstić information content (AvgIpc) is 2.97. The van der Waals surface area contributed by atoms with Crippen LogP contribution < -0.4 is 10.1 Å². The number of aliphatic imine (C=N–C) groups is 1. The number of hydrogen-bond acceptors (Lipinski definition) is 5. The standard InChI is InChI=1S/C14H13FN2O3S/c15-11-5-9(13-10(6-11)7-19-8-20-13)1-2-12(18)17-14-16-3-4-21-14/h1-2,5-6H,3-4,7-8H2,(H,16,17,18)/b2-1+. The first-order valence-corrected chi connectivity index (χ1v) is 7.40. The molecule has 2 heterocycles. The number of carbonyl (C=O) groups excluding carboxylic acids is 1. The van der Waals surface area contributed by atoms with Crippen LogP contribution in [0.3, 0.4) is 0 Å². The van der Waals surface area contributed by atoms with Crippen molar-refractivity contribution < 1.29 is 18.7 Å². The Bertz CT molecular complexity index is 631. The highest BCUT2D eigenvalue weighted by molar-refractivity contribution is 8.14. The Hall–Kier alpha value is -1.86. The van der Waals surface area contributed by atoms with Crippen molar-refractivity contribution in [1.29, 1.82) is 0 Å². The smallest absolute Gasteiger partial charge is 0.249 e. The average molecular weight is 308 g/mol. The van der Waals surface area contributed by atoms with Gasteiger partial charge < -0.3 is 14.8 Å². The van der Waals surface area contributed by atoms with Gasteiger partial charge in [-0.05, 0) is 18.2 Å². The van der Waals surface area contributed by atoms with Gasteiger partial charge in [-0.2, -0.15) is 0 Å². The van der Waals surface area contributed by atoms with Crippen molar-refractivity contribution in [2.24, 2.45) is 4.99 Å². The molecule has 0 saturated carbocycles. The van der Waals surface area contributed by atoms with E-state index in [0.717, 1.165) is 12.3 Å². The molecule has 21 heavy (non-hydrogen) atoms. The summed E-state index contributed by atoms with van der Waals surface area (Å²) in [5.74, 6) is 0.746. The first-order valence-electron chi connectivity index (χ1n) is 6.41. The second kappa shape index (κ2) is 6.28. The van der Waals surface area contributed by atoms with Crippen LogP contribution in [0.1, 0.15) is 11.1 Å². The maximum absolute atomic E-state index is 13.5. The molecular weight excluding hydrogens is 295 g/mol. The molecule has 0 unspecified atom stereocenters. The van der Waals surface area contributed by atoms with Gasteiger partial charge in [0.1, 0.15) is 11.6 Å². The number of benzene rings is 1. The van der Waals surface area contributed by atoms with Crippen molar-refractivity contribution in [1.82, 2.24) is 5.32 Å². The largest absolute Gasteiger partial charge is 0.467 e. The van der Waals surface area contributed by atoms with Gasteiger partial charge in [-0.1, -0.05) is 11.8 Å². The zero-order chi connectivity index (χ0) is 14.7. The van der Waals surface area contributed by atoms with E-state index < -0.39 is 5.82 Å². The summed E-state index contributed by atoms with van der Waals surface area (Å²) in [5, 5.41) is 3.29. The Kier molecular flexibility index (Phi) is 4.21. The molecular formula is C14H13FN2O3S. The number of nitrogens with one attached hydrogen (secondary N) is 1. The van der Waals surface area contributed by atoms with Gasteiger partial charge in [0, 0.05) is 23.0 Å². The summed E-state index contributed by atoms with van der Waals surface area (Å²) in [5.41, 5.74) is 1.15. The number of hydrogen-bond donors (Lipinski definition) is 1. The van der Waals surface area contributed by atoms with E-state index >= 15 is 0 Å². The summed E-state index contributed by atoms with van der Waals surface area (Å²) in [6, 6.07) is 2.70. The van der Waals surface area contributed by atoms with Gasteiger partial charge in [0.2, 0.25) is 5.91 Å². The Labute approximate surface area is 125 Å². The molecule has 0 radical (unpaired) electrons. The molecule has 0 aromatic heterocycles. The molecule has 1 aromatic carbocycles. The van der Waals surface area contributed by atoms with Gasteiger partial charge in [-0.15, -0.1) is 0 Å². The molecule has 0 saturated heterocycles. The molecule has 2 aliphatic rings. The quantitative estimate of drug-likeness (QED) is 0.848. The van der Waals surface area contributed by atoms with E-state index in [9.17, 15) is 9.18 Å². The zero-order valence-corrected chi connectivity index (χ0v) is 11.9. The number of halogens is 1. The van der Waals surface area contributed by atoms with Crippen molar-refractivity contribution in [2.45, 2.75) is 6.61 Å². The molecule has 0 aliphatic carbocycles. The fourth-order valence-electron chi connectivity index (χ4n) is 2.06. The highest BCUT2D eigenvalue weighted by Gasteiger charge is 2.16. The molecule has 0 fully saturated rings. The number of carbonyl (C=O) groups is 1. The molecule has 1 amide bonds. The molecule has 1 aromatic rings. The van der Waals surface area contributed by atoms with Crippen molar-refractivity contribution in [3.8, 4) is 5.75 Å². The van der Waals surface area contributed by atoms with Gasteiger partial charge in [0.05, 0.1) is 13.2 Å². The zero-order valence-electron chi connectivity index (χ0n) is 11.1. The van der Waals surface area contributed by atoms with Crippen molar-refractivity contribution in [2.75, 3.05) is 19.1 Å². The normalized spacial score (nSPS) is 17.3. The van der Waals surface area contributed by atoms with Crippen LogP contribution in [0.25, 0.3) is 6.08 Å². The monoisotopic (exact) mass is 308 g/mol. The number of amides is 1. The van der Waals surface area contributed by atoms with E-state index in [1.807, 2.05) is 0 Å². The van der Waals surface area contributed by atoms with Crippen molar-refractivity contribution >= 4 is 28.9 Å². The van der Waals surface area contributed by atoms with Gasteiger partial charge >= 0.3 is 0 Å². The van der Waals surface area contributed by atoms with Gasteiger partial charge in [-0.3, -0.25) is 9.79 Å². The first-order chi connectivity index (χ1) is 10.2. The Balaban J connectivity index is 1.76. The van der Waals surface area contributed by atoms with Crippen LogP contribution in [0.4, 0.5) is 4.39 Å². The lowest BCUT2D eigenvalue weighted by Crippen LogP contribution is -2.25. The van der Waals surface area contributed by atoms with Gasteiger partial charge in [0.15, 0.2) is 12.0 Å². The minimum Gasteiger partial charge on any atom is -0.467 e. The lowest BCUT2D eigenvalue weighted by molar-refractivity contribution is -0.115. The number of amidine groups is 1. The number of fused-ring (bicyclic) bond motifs is 1. The lowest BCUT2D eigenvalue weighted by Gasteiger charge is -2.19. The molecule has 5 nitrogen and oxygen atoms in total. The van der Waals surface area contributed by atoms with Crippen LogP contribution in [-0.4, -0.2) is 30.2 Å². The summed E-state index contributed by atoms with van der Waals surface area (Å²) >= 11 is 1.50. The van der Waals surface area contributed by atoms with E-state index in [-0.39, 0.29) is 12.7 Å². The van der Waals surface area contributed by atoms with Crippen LogP contribution in [0.15, 0.2) is 23.2 Å². The maximum Gasteiger partial charge on any atom is 0.249 e. The van der Waals surface area contributed by atoms with E-state index in [2.05, 4.69) is 10.3 Å². The van der Waals surface area contributed by atoms with Crippen LogP contribution >= 0.6 is 11.8 Å². The molecule has 110 valence electrons. The third kappa shape index (κ3) is 3.43.